The fourth-order valence-electron chi connectivity index (χ4n) is 11.3. The van der Waals surface area contributed by atoms with Gasteiger partial charge in [0.25, 0.3) is 0 Å². The molecule has 0 rings (SSSR count). The van der Waals surface area contributed by atoms with Crippen molar-refractivity contribution in [2.75, 3.05) is 39.6 Å². The predicted molar refractivity (Wildman–Crippen MR) is 409 cm³/mol. The lowest BCUT2D eigenvalue weighted by Crippen LogP contribution is -2.30. The predicted octanol–water partition coefficient (Wildman–Crippen LogP) is 23.5. The second-order valence-electron chi connectivity index (χ2n) is 27.4. The minimum absolute atomic E-state index is 0.0900. The van der Waals surface area contributed by atoms with E-state index in [4.69, 9.17) is 37.0 Å². The molecule has 0 aliphatic rings. The monoisotopic (exact) mass is 1460 g/mol. The normalized spacial score (nSPS) is 14.2. The van der Waals surface area contributed by atoms with Crippen LogP contribution in [0.4, 0.5) is 0 Å². The zero-order valence-electron chi connectivity index (χ0n) is 63.9. The Morgan fingerprint density at radius 2 is 0.500 bits per heavy atom. The molecule has 0 aliphatic heterocycles. The highest BCUT2D eigenvalue weighted by atomic mass is 31.2. The summed E-state index contributed by atoms with van der Waals surface area (Å²) in [6.07, 6.45) is 73.4. The van der Waals surface area contributed by atoms with Crippen molar-refractivity contribution >= 4 is 39.5 Å². The average Bonchev–Trinajstić information content (AvgIpc) is 1.06. The molecule has 100 heavy (non-hydrogen) atoms. The van der Waals surface area contributed by atoms with Crippen LogP contribution in [-0.2, 0) is 65.4 Å². The molecule has 0 aliphatic carbocycles. The van der Waals surface area contributed by atoms with Gasteiger partial charge in [-0.1, -0.05) is 320 Å². The van der Waals surface area contributed by atoms with Crippen LogP contribution < -0.4 is 0 Å². The molecule has 3 N–H and O–H groups in total. The average molecular weight is 1460 g/mol. The minimum Gasteiger partial charge on any atom is -0.462 e. The number of allylic oxidation sites excluding steroid dienone is 10. The van der Waals surface area contributed by atoms with Gasteiger partial charge in [-0.05, 0) is 89.9 Å². The highest BCUT2D eigenvalue weighted by molar-refractivity contribution is 7.47. The van der Waals surface area contributed by atoms with E-state index in [-0.39, 0.29) is 25.7 Å². The number of phosphoric ester groups is 2. The Hall–Kier alpha value is -3.24. The molecule has 0 amide bonds. The molecule has 0 fully saturated rings. The summed E-state index contributed by atoms with van der Waals surface area (Å²) in [5, 5.41) is 10.6. The van der Waals surface area contributed by atoms with E-state index in [2.05, 4.69) is 76.3 Å². The molecule has 17 nitrogen and oxygen atoms in total. The molecular formula is C81H148O17P2. The van der Waals surface area contributed by atoms with Gasteiger partial charge >= 0.3 is 39.5 Å². The smallest absolute Gasteiger partial charge is 0.462 e. The second kappa shape index (κ2) is 74.0. The maximum atomic E-state index is 13.1. The minimum atomic E-state index is -4.98. The van der Waals surface area contributed by atoms with E-state index in [1.54, 1.807) is 0 Å². The van der Waals surface area contributed by atoms with Gasteiger partial charge in [0.1, 0.15) is 19.3 Å². The molecule has 0 bridgehead atoms. The number of hydrogen-bond acceptors (Lipinski definition) is 15. The van der Waals surface area contributed by atoms with Gasteiger partial charge in [0, 0.05) is 25.7 Å². The zero-order chi connectivity index (χ0) is 73.2. The van der Waals surface area contributed by atoms with Crippen LogP contribution in [0.15, 0.2) is 60.8 Å². The highest BCUT2D eigenvalue weighted by Crippen LogP contribution is 2.45. The fourth-order valence-corrected chi connectivity index (χ4v) is 12.8. The maximum Gasteiger partial charge on any atom is 0.472 e. The Morgan fingerprint density at radius 3 is 0.820 bits per heavy atom. The quantitative estimate of drug-likeness (QED) is 0.0169. The van der Waals surface area contributed by atoms with Crippen molar-refractivity contribution < 1.29 is 80.2 Å². The number of phosphoric acid groups is 2. The zero-order valence-corrected chi connectivity index (χ0v) is 65.7. The molecule has 584 valence electrons. The van der Waals surface area contributed by atoms with Crippen LogP contribution in [0.3, 0.4) is 0 Å². The van der Waals surface area contributed by atoms with Crippen LogP contribution in [0.1, 0.15) is 374 Å². The molecule has 0 saturated heterocycles. The number of esters is 4. The number of unbranched alkanes of at least 4 members (excludes halogenated alkanes) is 41. The van der Waals surface area contributed by atoms with Crippen LogP contribution in [0.2, 0.25) is 0 Å². The van der Waals surface area contributed by atoms with Gasteiger partial charge in [-0.25, -0.2) is 9.13 Å². The third-order valence-electron chi connectivity index (χ3n) is 17.5. The molecule has 0 heterocycles. The molecule has 0 saturated carbocycles. The van der Waals surface area contributed by atoms with Gasteiger partial charge < -0.3 is 33.8 Å². The number of hydrogen-bond donors (Lipinski definition) is 3. The van der Waals surface area contributed by atoms with Crippen LogP contribution >= 0.6 is 15.6 Å². The van der Waals surface area contributed by atoms with Crippen LogP contribution in [0, 0.1) is 0 Å². The molecule has 0 radical (unpaired) electrons. The summed E-state index contributed by atoms with van der Waals surface area (Å²) in [5.41, 5.74) is 0. The van der Waals surface area contributed by atoms with E-state index in [0.717, 1.165) is 116 Å². The number of aliphatic hydroxyl groups excluding tert-OH is 1. The number of aliphatic hydroxyl groups is 1. The SMILES string of the molecule is CCCCC/C=C\C/C=C\C/C=C\C/C=C\CCCC(=O)OC[C@H](COP(=O)(O)OC[C@@H](O)COP(=O)(O)OC[C@@H](COC(=O)CCCCCCC/C=C\CCCCCCCC)OC(=O)CCCCCCCCCCCCCCC)OC(=O)CCCCCCCCCCCCCCCCC. The Morgan fingerprint density at radius 1 is 0.280 bits per heavy atom. The van der Waals surface area contributed by atoms with Gasteiger partial charge in [-0.2, -0.15) is 0 Å². The Bertz CT molecular complexity index is 2130. The lowest BCUT2D eigenvalue weighted by Gasteiger charge is -2.21. The fraction of sp³-hybridized carbons (Fsp3) is 0.827. The number of carbonyl (C=O) groups is 4. The maximum absolute atomic E-state index is 13.1. The van der Waals surface area contributed by atoms with Crippen molar-refractivity contribution in [3.05, 3.63) is 60.8 Å². The number of ether oxygens (including phenoxy) is 4. The Balaban J connectivity index is 5.36. The molecule has 2 unspecified atom stereocenters. The van der Waals surface area contributed by atoms with Gasteiger partial charge in [0.05, 0.1) is 26.4 Å². The lowest BCUT2D eigenvalue weighted by molar-refractivity contribution is -0.161. The first-order chi connectivity index (χ1) is 48.7. The van der Waals surface area contributed by atoms with E-state index < -0.39 is 97.5 Å². The van der Waals surface area contributed by atoms with E-state index in [1.807, 2.05) is 12.2 Å². The molecule has 0 aromatic carbocycles. The molecule has 19 heteroatoms. The first-order valence-corrected chi connectivity index (χ1v) is 43.5. The molecule has 0 aromatic heterocycles. The van der Waals surface area contributed by atoms with Crippen LogP contribution in [0.5, 0.6) is 0 Å². The van der Waals surface area contributed by atoms with Crippen molar-refractivity contribution in [2.24, 2.45) is 0 Å². The summed E-state index contributed by atoms with van der Waals surface area (Å²) in [5.74, 6) is -2.21. The van der Waals surface area contributed by atoms with Crippen molar-refractivity contribution in [2.45, 2.75) is 393 Å². The molecule has 0 spiro atoms. The first-order valence-electron chi connectivity index (χ1n) is 40.5. The highest BCUT2D eigenvalue weighted by Gasteiger charge is 2.30. The van der Waals surface area contributed by atoms with Gasteiger partial charge in [0.15, 0.2) is 12.2 Å². The van der Waals surface area contributed by atoms with Crippen LogP contribution in [-0.4, -0.2) is 96.7 Å². The van der Waals surface area contributed by atoms with Gasteiger partial charge in [0.2, 0.25) is 0 Å². The van der Waals surface area contributed by atoms with Crippen molar-refractivity contribution in [1.82, 2.24) is 0 Å². The Labute approximate surface area is 610 Å². The van der Waals surface area contributed by atoms with Crippen LogP contribution in [0.25, 0.3) is 0 Å². The molecule has 5 atom stereocenters. The largest absolute Gasteiger partial charge is 0.472 e. The summed E-state index contributed by atoms with van der Waals surface area (Å²) in [4.78, 5) is 73.0. The number of carbonyl (C=O) groups excluding carboxylic acids is 4. The Kier molecular flexibility index (Phi) is 71.6. The standard InChI is InChI=1S/C81H148O17P2/c1-5-9-13-17-21-25-29-33-36-37-40-43-46-50-54-58-62-66-79(84)92-72-77(98-81(86)68-64-60-56-52-48-44-39-35-31-27-23-19-15-11-7-3)74-96-100(89,90)94-70-75(82)69-93-99(87,88)95-73-76(97-80(85)67-63-59-55-51-47-41-32-28-24-20-16-12-8-4)71-91-78(83)65-61-57-53-49-45-42-38-34-30-26-22-18-14-10-6-2/h21,25,33-34,36,38,40,43,50,54,75-77,82H,5-20,22-24,26-32,35,37,39,41-42,44-49,51-53,55-74H2,1-4H3,(H,87,88)(H,89,90)/b25-21-,36-33-,38-34-,43-40-,54-50-/t75-,76+,77+/m0/s1. The summed E-state index contributed by atoms with van der Waals surface area (Å²) < 4.78 is 68.6. The topological polar surface area (TPSA) is 237 Å². The number of rotatable bonds is 77. The van der Waals surface area contributed by atoms with E-state index >= 15 is 0 Å². The summed E-state index contributed by atoms with van der Waals surface area (Å²) >= 11 is 0. The van der Waals surface area contributed by atoms with E-state index in [1.165, 1.54) is 173 Å². The van der Waals surface area contributed by atoms with Crippen molar-refractivity contribution in [3.63, 3.8) is 0 Å². The lowest BCUT2D eigenvalue weighted by atomic mass is 10.0. The van der Waals surface area contributed by atoms with Crippen molar-refractivity contribution in [1.29, 1.82) is 0 Å². The van der Waals surface area contributed by atoms with Crippen molar-refractivity contribution in [3.8, 4) is 0 Å². The summed E-state index contributed by atoms with van der Waals surface area (Å²) in [7, 11) is -9.95. The second-order valence-corrected chi connectivity index (χ2v) is 30.3. The summed E-state index contributed by atoms with van der Waals surface area (Å²) in [6.45, 7) is 4.85. The molecular weight excluding hydrogens is 1310 g/mol. The molecule has 0 aromatic rings. The van der Waals surface area contributed by atoms with E-state index in [0.29, 0.717) is 32.1 Å². The van der Waals surface area contributed by atoms with Gasteiger partial charge in [-0.3, -0.25) is 37.3 Å². The first kappa shape index (κ1) is 96.8. The summed E-state index contributed by atoms with van der Waals surface area (Å²) in [6, 6.07) is 0. The third kappa shape index (κ3) is 73.1. The third-order valence-corrected chi connectivity index (χ3v) is 19.4. The van der Waals surface area contributed by atoms with E-state index in [9.17, 15) is 43.2 Å². The van der Waals surface area contributed by atoms with Gasteiger partial charge in [-0.15, -0.1) is 0 Å².